The Labute approximate surface area is 61.0 Å². The molecule has 0 atom stereocenters. The van der Waals surface area contributed by atoms with E-state index in [1.807, 2.05) is 0 Å². The van der Waals surface area contributed by atoms with E-state index in [0.717, 1.165) is 5.54 Å². The number of hydrogen-bond acceptors (Lipinski definition) is 2. The third-order valence-corrected chi connectivity index (χ3v) is 0.742. The Kier molecular flexibility index (Phi) is 13.7. The first-order valence-electron chi connectivity index (χ1n) is 1.29. The first-order chi connectivity index (χ1) is 3.68. The maximum atomic E-state index is 8.12. The van der Waals surface area contributed by atoms with Gasteiger partial charge in [0.05, 0.1) is 0 Å². The van der Waals surface area contributed by atoms with Gasteiger partial charge in [0, 0.05) is 5.54 Å². The molecule has 0 aliphatic carbocycles. The SMILES string of the molecule is ClC=C(Cl)Cl.O=C=O. The second kappa shape index (κ2) is 10.1. The van der Waals surface area contributed by atoms with Gasteiger partial charge in [0.1, 0.15) is 4.49 Å². The van der Waals surface area contributed by atoms with E-state index in [2.05, 4.69) is 0 Å². The summed E-state index contributed by atoms with van der Waals surface area (Å²) in [6.07, 6.45) is 0.250. The molecule has 0 aromatic carbocycles. The van der Waals surface area contributed by atoms with E-state index in [-0.39, 0.29) is 10.6 Å². The zero-order valence-electron chi connectivity index (χ0n) is 3.53. The monoisotopic (exact) mass is 174 g/mol. The number of hydrogen-bond donors (Lipinski definition) is 0. The summed E-state index contributed by atoms with van der Waals surface area (Å²) in [6.45, 7) is 0. The molecule has 0 amide bonds. The van der Waals surface area contributed by atoms with Crippen molar-refractivity contribution in [2.45, 2.75) is 0 Å². The van der Waals surface area contributed by atoms with Gasteiger partial charge in [-0.3, -0.25) is 0 Å². The van der Waals surface area contributed by atoms with Crippen LogP contribution < -0.4 is 0 Å². The Hall–Kier alpha value is -0.0100. The van der Waals surface area contributed by atoms with Crippen molar-refractivity contribution < 1.29 is 9.59 Å². The van der Waals surface area contributed by atoms with Gasteiger partial charge in [0.15, 0.2) is 0 Å². The van der Waals surface area contributed by atoms with Crippen LogP contribution in [-0.2, 0) is 9.59 Å². The minimum absolute atomic E-state index is 0.0895. The molecule has 0 saturated heterocycles. The molecule has 0 aliphatic rings. The van der Waals surface area contributed by atoms with E-state index in [1.54, 1.807) is 0 Å². The minimum atomic E-state index is 0.0895. The van der Waals surface area contributed by atoms with Gasteiger partial charge in [-0.05, 0) is 0 Å². The van der Waals surface area contributed by atoms with Gasteiger partial charge >= 0.3 is 6.15 Å². The summed E-state index contributed by atoms with van der Waals surface area (Å²) in [5.74, 6) is 0. The summed E-state index contributed by atoms with van der Waals surface area (Å²) >= 11 is 14.8. The van der Waals surface area contributed by atoms with Gasteiger partial charge in [-0.15, -0.1) is 0 Å². The van der Waals surface area contributed by atoms with E-state index in [9.17, 15) is 0 Å². The van der Waals surface area contributed by atoms with Crippen molar-refractivity contribution in [1.29, 1.82) is 0 Å². The van der Waals surface area contributed by atoms with Gasteiger partial charge in [-0.25, -0.2) is 0 Å². The highest BCUT2D eigenvalue weighted by atomic mass is 35.5. The van der Waals surface area contributed by atoms with Crippen molar-refractivity contribution in [1.82, 2.24) is 0 Å². The molecule has 0 fully saturated rings. The molecule has 2 nitrogen and oxygen atoms in total. The summed E-state index contributed by atoms with van der Waals surface area (Å²) < 4.78 is 0.0895. The molecule has 0 radical (unpaired) electrons. The molecule has 0 unspecified atom stereocenters. The molecule has 0 bridgehead atoms. The molecule has 0 saturated carbocycles. The van der Waals surface area contributed by atoms with Crippen molar-refractivity contribution in [3.05, 3.63) is 10.0 Å². The highest BCUT2D eigenvalue weighted by molar-refractivity contribution is 6.58. The van der Waals surface area contributed by atoms with Gasteiger partial charge in [-0.2, -0.15) is 9.59 Å². The maximum absolute atomic E-state index is 8.12. The average molecular weight is 175 g/mol. The summed E-state index contributed by atoms with van der Waals surface area (Å²) in [7, 11) is 0. The Balaban J connectivity index is 0. The highest BCUT2D eigenvalue weighted by Gasteiger charge is 1.70. The molecule has 0 rings (SSSR count). The Morgan fingerprint density at radius 2 is 1.50 bits per heavy atom. The zero-order valence-corrected chi connectivity index (χ0v) is 5.80. The van der Waals surface area contributed by atoms with Gasteiger partial charge in [0.2, 0.25) is 0 Å². The fraction of sp³-hybridized carbons (Fsp3) is 0. The van der Waals surface area contributed by atoms with Crippen LogP contribution in [0.1, 0.15) is 0 Å². The second-order valence-corrected chi connectivity index (χ2v) is 1.71. The molecule has 8 heavy (non-hydrogen) atoms. The predicted molar refractivity (Wildman–Crippen MR) is 30.6 cm³/mol. The molecule has 5 heteroatoms. The molecule has 0 aliphatic heterocycles. The summed E-state index contributed by atoms with van der Waals surface area (Å²) in [4.78, 5) is 16.2. The minimum Gasteiger partial charge on any atom is -0.186 e. The molecular weight excluding hydrogens is 174 g/mol. The molecule has 0 aromatic rings. The van der Waals surface area contributed by atoms with Crippen LogP contribution in [0.5, 0.6) is 0 Å². The summed E-state index contributed by atoms with van der Waals surface area (Å²) in [6, 6.07) is 0. The summed E-state index contributed by atoms with van der Waals surface area (Å²) in [5, 5.41) is 0. The smallest absolute Gasteiger partial charge is 0.186 e. The van der Waals surface area contributed by atoms with E-state index in [4.69, 9.17) is 44.4 Å². The molecule has 0 heterocycles. The van der Waals surface area contributed by atoms with Crippen LogP contribution in [0.3, 0.4) is 0 Å². The molecule has 0 N–H and O–H groups in total. The van der Waals surface area contributed by atoms with Crippen molar-refractivity contribution in [3.8, 4) is 0 Å². The van der Waals surface area contributed by atoms with Gasteiger partial charge in [0.25, 0.3) is 0 Å². The van der Waals surface area contributed by atoms with E-state index in [1.165, 1.54) is 0 Å². The number of rotatable bonds is 0. The van der Waals surface area contributed by atoms with Crippen LogP contribution >= 0.6 is 34.8 Å². The largest absolute Gasteiger partial charge is 0.373 e. The zero-order chi connectivity index (χ0) is 6.99. The fourth-order valence-corrected chi connectivity index (χ4v) is 0. The lowest BCUT2D eigenvalue weighted by Gasteiger charge is -1.64. The number of halogens is 3. The normalized spacial score (nSPS) is 5.38. The van der Waals surface area contributed by atoms with Crippen molar-refractivity contribution in [3.63, 3.8) is 0 Å². The van der Waals surface area contributed by atoms with Crippen LogP contribution in [-0.4, -0.2) is 6.15 Å². The summed E-state index contributed by atoms with van der Waals surface area (Å²) in [5.41, 5.74) is 1.09. The van der Waals surface area contributed by atoms with Crippen LogP contribution in [0.2, 0.25) is 0 Å². The lowest BCUT2D eigenvalue weighted by Crippen LogP contribution is -1.33. The first kappa shape index (κ1) is 10.9. The third-order valence-electron chi connectivity index (χ3n) is 0.0825. The van der Waals surface area contributed by atoms with E-state index >= 15 is 0 Å². The number of carbonyl (C=O) groups excluding carboxylic acids is 2. The standard InChI is InChI=1S/C2HCl3.CO2/c3-1-2(4)5;2-1-3/h1H;. The van der Waals surface area contributed by atoms with Crippen LogP contribution in [0, 0.1) is 0 Å². The predicted octanol–water partition coefficient (Wildman–Crippen LogP) is 1.92. The van der Waals surface area contributed by atoms with Crippen molar-refractivity contribution in [2.24, 2.45) is 0 Å². The van der Waals surface area contributed by atoms with Crippen LogP contribution in [0.15, 0.2) is 10.0 Å². The average Bonchev–Trinajstić information content (AvgIpc) is 1.69. The van der Waals surface area contributed by atoms with Crippen LogP contribution in [0.25, 0.3) is 0 Å². The molecule has 0 spiro atoms. The quantitative estimate of drug-likeness (QED) is 0.564. The van der Waals surface area contributed by atoms with E-state index in [0.29, 0.717) is 0 Å². The topological polar surface area (TPSA) is 34.1 Å². The molecular formula is C3HCl3O2. The Morgan fingerprint density at radius 1 is 1.38 bits per heavy atom. The second-order valence-electron chi connectivity index (χ2n) is 0.482. The first-order valence-corrected chi connectivity index (χ1v) is 2.49. The third kappa shape index (κ3) is 37.7. The van der Waals surface area contributed by atoms with Crippen molar-refractivity contribution >= 4 is 41.0 Å². The van der Waals surface area contributed by atoms with Gasteiger partial charge in [-0.1, -0.05) is 34.8 Å². The fourth-order valence-electron chi connectivity index (χ4n) is 0. The van der Waals surface area contributed by atoms with Crippen molar-refractivity contribution in [2.75, 3.05) is 0 Å². The molecule has 46 valence electrons. The van der Waals surface area contributed by atoms with Gasteiger partial charge < -0.3 is 0 Å². The lowest BCUT2D eigenvalue weighted by molar-refractivity contribution is -0.191. The maximum Gasteiger partial charge on any atom is 0.373 e. The molecule has 0 aromatic heterocycles. The van der Waals surface area contributed by atoms with E-state index < -0.39 is 0 Å². The van der Waals surface area contributed by atoms with Crippen LogP contribution in [0.4, 0.5) is 0 Å². The lowest BCUT2D eigenvalue weighted by atomic mass is 11.2. The highest BCUT2D eigenvalue weighted by Crippen LogP contribution is 2.05. The Bertz CT molecular complexity index is 99.1. The Morgan fingerprint density at radius 3 is 1.50 bits per heavy atom.